The van der Waals surface area contributed by atoms with Crippen molar-refractivity contribution in [2.45, 2.75) is 57.5 Å². The Morgan fingerprint density at radius 1 is 1.44 bits per heavy atom. The van der Waals surface area contributed by atoms with Crippen LogP contribution in [0.5, 0.6) is 0 Å². The van der Waals surface area contributed by atoms with Gasteiger partial charge in [0.25, 0.3) is 0 Å². The molecule has 136 valence electrons. The Morgan fingerprint density at radius 3 is 2.88 bits per heavy atom. The van der Waals surface area contributed by atoms with Gasteiger partial charge in [0.05, 0.1) is 11.4 Å². The number of fused-ring (bicyclic) bond motifs is 1. The third kappa shape index (κ3) is 3.59. The van der Waals surface area contributed by atoms with Crippen molar-refractivity contribution in [3.8, 4) is 0 Å². The van der Waals surface area contributed by atoms with Crippen LogP contribution in [0.2, 0.25) is 0 Å². The number of nitrogens with one attached hydrogen (secondary N) is 1. The highest BCUT2D eigenvalue weighted by Gasteiger charge is 2.29. The normalized spacial score (nSPS) is 20.2. The van der Waals surface area contributed by atoms with Crippen LogP contribution < -0.4 is 5.32 Å². The van der Waals surface area contributed by atoms with Gasteiger partial charge < -0.3 is 9.84 Å². The van der Waals surface area contributed by atoms with E-state index in [1.807, 2.05) is 6.92 Å². The molecule has 4 rings (SSSR count). The Balaban J connectivity index is 1.48. The van der Waals surface area contributed by atoms with E-state index in [0.29, 0.717) is 24.8 Å². The quantitative estimate of drug-likeness (QED) is 0.791. The van der Waals surface area contributed by atoms with Crippen molar-refractivity contribution in [1.29, 1.82) is 0 Å². The zero-order valence-corrected chi connectivity index (χ0v) is 15.3. The lowest BCUT2D eigenvalue weighted by Crippen LogP contribution is -2.39. The van der Waals surface area contributed by atoms with Crippen LogP contribution in [-0.4, -0.2) is 39.7 Å². The van der Waals surface area contributed by atoms with Crippen molar-refractivity contribution in [3.63, 3.8) is 0 Å². The standard InChI is InChI=1S/C18H25N3O3S/c1-11-15(21-16(13-2-3-13)10-25-18(21)20-11)9-19-14(17(22)23)8-12-4-6-24-7-5-12/h10,12-14,19H,2-9H2,1H3,(H,22,23). The Bertz CT molecular complexity index is 759. The summed E-state index contributed by atoms with van der Waals surface area (Å²) in [5, 5.41) is 15.1. The minimum atomic E-state index is -0.766. The number of nitrogens with zero attached hydrogens (tertiary/aromatic N) is 2. The number of ether oxygens (including phenoxy) is 1. The minimum absolute atomic E-state index is 0.428. The monoisotopic (exact) mass is 363 g/mol. The maximum atomic E-state index is 11.7. The molecule has 6 nitrogen and oxygen atoms in total. The van der Waals surface area contributed by atoms with Gasteiger partial charge in [0.2, 0.25) is 0 Å². The van der Waals surface area contributed by atoms with Crippen LogP contribution in [0.3, 0.4) is 0 Å². The average molecular weight is 363 g/mol. The summed E-state index contributed by atoms with van der Waals surface area (Å²) in [6, 6.07) is -0.518. The first-order valence-electron chi connectivity index (χ1n) is 9.12. The summed E-state index contributed by atoms with van der Waals surface area (Å²) in [4.78, 5) is 17.4. The van der Waals surface area contributed by atoms with Gasteiger partial charge in [0, 0.05) is 36.8 Å². The molecule has 1 atom stereocenters. The fourth-order valence-corrected chi connectivity index (χ4v) is 4.75. The lowest BCUT2D eigenvalue weighted by molar-refractivity contribution is -0.140. The summed E-state index contributed by atoms with van der Waals surface area (Å²) in [6.07, 6.45) is 5.07. The van der Waals surface area contributed by atoms with E-state index in [9.17, 15) is 9.90 Å². The fourth-order valence-electron chi connectivity index (χ4n) is 3.72. The van der Waals surface area contributed by atoms with Crippen LogP contribution in [0, 0.1) is 12.8 Å². The van der Waals surface area contributed by atoms with E-state index >= 15 is 0 Å². The largest absolute Gasteiger partial charge is 0.480 e. The number of aromatic nitrogens is 2. The van der Waals surface area contributed by atoms with Crippen molar-refractivity contribution in [3.05, 3.63) is 22.5 Å². The molecule has 1 saturated carbocycles. The average Bonchev–Trinajstić information content (AvgIpc) is 3.29. The maximum absolute atomic E-state index is 11.7. The summed E-state index contributed by atoms with van der Waals surface area (Å²) < 4.78 is 7.63. The number of carboxylic acid groups (broad SMARTS) is 1. The Labute approximate surface area is 151 Å². The van der Waals surface area contributed by atoms with Crippen LogP contribution in [0.25, 0.3) is 4.96 Å². The molecule has 0 amide bonds. The predicted octanol–water partition coefficient (Wildman–Crippen LogP) is 2.94. The molecule has 1 saturated heterocycles. The van der Waals surface area contributed by atoms with Gasteiger partial charge in [-0.15, -0.1) is 11.3 Å². The molecule has 2 N–H and O–H groups in total. The van der Waals surface area contributed by atoms with Crippen LogP contribution in [0.4, 0.5) is 0 Å². The van der Waals surface area contributed by atoms with Crippen LogP contribution in [0.15, 0.2) is 5.38 Å². The number of rotatable bonds is 7. The summed E-state index contributed by atoms with van der Waals surface area (Å²) in [7, 11) is 0. The molecule has 0 radical (unpaired) electrons. The highest BCUT2D eigenvalue weighted by molar-refractivity contribution is 7.15. The highest BCUT2D eigenvalue weighted by atomic mass is 32.1. The number of imidazole rings is 1. The first kappa shape index (κ1) is 17.0. The van der Waals surface area contributed by atoms with Crippen LogP contribution >= 0.6 is 11.3 Å². The zero-order valence-electron chi connectivity index (χ0n) is 14.5. The van der Waals surface area contributed by atoms with Crippen LogP contribution in [0.1, 0.15) is 55.1 Å². The van der Waals surface area contributed by atoms with Gasteiger partial charge >= 0.3 is 5.97 Å². The van der Waals surface area contributed by atoms with E-state index in [2.05, 4.69) is 20.1 Å². The maximum Gasteiger partial charge on any atom is 0.320 e. The molecular formula is C18H25N3O3S. The Hall–Kier alpha value is -1.44. The second-order valence-corrected chi connectivity index (χ2v) is 8.10. The van der Waals surface area contributed by atoms with E-state index in [1.165, 1.54) is 18.5 Å². The first-order valence-corrected chi connectivity index (χ1v) is 10.0. The smallest absolute Gasteiger partial charge is 0.320 e. The molecular weight excluding hydrogens is 338 g/mol. The molecule has 0 aromatic carbocycles. The number of aryl methyl sites for hydroxylation is 1. The van der Waals surface area contributed by atoms with Gasteiger partial charge in [0.15, 0.2) is 4.96 Å². The van der Waals surface area contributed by atoms with Gasteiger partial charge in [-0.05, 0) is 44.9 Å². The van der Waals surface area contributed by atoms with E-state index in [0.717, 1.165) is 42.4 Å². The first-order chi connectivity index (χ1) is 12.1. The number of aliphatic carboxylic acids is 1. The molecule has 0 spiro atoms. The fraction of sp³-hybridized carbons (Fsp3) is 0.667. The Kier molecular flexibility index (Phi) is 4.80. The van der Waals surface area contributed by atoms with Crippen molar-refractivity contribution < 1.29 is 14.6 Å². The third-order valence-corrected chi connectivity index (χ3v) is 6.25. The molecule has 1 unspecified atom stereocenters. The van der Waals surface area contributed by atoms with Gasteiger partial charge in [-0.2, -0.15) is 0 Å². The zero-order chi connectivity index (χ0) is 17.4. The van der Waals surface area contributed by atoms with Gasteiger partial charge in [-0.1, -0.05) is 0 Å². The van der Waals surface area contributed by atoms with Gasteiger partial charge in [0.1, 0.15) is 6.04 Å². The number of thiazole rings is 1. The van der Waals surface area contributed by atoms with Crippen molar-refractivity contribution >= 4 is 22.3 Å². The summed E-state index contributed by atoms with van der Waals surface area (Å²) in [6.45, 7) is 4.06. The molecule has 0 bridgehead atoms. The lowest BCUT2D eigenvalue weighted by Gasteiger charge is -2.25. The second kappa shape index (κ2) is 7.05. The third-order valence-electron chi connectivity index (χ3n) is 5.41. The van der Waals surface area contributed by atoms with E-state index in [4.69, 9.17) is 4.74 Å². The van der Waals surface area contributed by atoms with E-state index < -0.39 is 12.0 Å². The SMILES string of the molecule is Cc1nc2scc(C3CC3)n2c1CNC(CC1CCOCC1)C(=O)O. The molecule has 1 aliphatic carbocycles. The number of carboxylic acids is 1. The second-order valence-electron chi connectivity index (χ2n) is 7.26. The van der Waals surface area contributed by atoms with Crippen molar-refractivity contribution in [1.82, 2.24) is 14.7 Å². The predicted molar refractivity (Wildman–Crippen MR) is 96.2 cm³/mol. The van der Waals surface area contributed by atoms with Gasteiger partial charge in [-0.3, -0.25) is 14.5 Å². The molecule has 2 aromatic heterocycles. The highest BCUT2D eigenvalue weighted by Crippen LogP contribution is 2.42. The Morgan fingerprint density at radius 2 is 2.20 bits per heavy atom. The van der Waals surface area contributed by atoms with E-state index in [1.54, 1.807) is 11.3 Å². The van der Waals surface area contributed by atoms with Crippen LogP contribution in [-0.2, 0) is 16.1 Å². The molecule has 2 fully saturated rings. The molecule has 7 heteroatoms. The number of hydrogen-bond acceptors (Lipinski definition) is 5. The van der Waals surface area contributed by atoms with Crippen molar-refractivity contribution in [2.75, 3.05) is 13.2 Å². The molecule has 25 heavy (non-hydrogen) atoms. The van der Waals surface area contributed by atoms with Crippen molar-refractivity contribution in [2.24, 2.45) is 5.92 Å². The summed E-state index contributed by atoms with van der Waals surface area (Å²) >= 11 is 1.68. The lowest BCUT2D eigenvalue weighted by atomic mass is 9.92. The van der Waals surface area contributed by atoms with E-state index in [-0.39, 0.29) is 0 Å². The topological polar surface area (TPSA) is 75.9 Å². The number of hydrogen-bond donors (Lipinski definition) is 2. The summed E-state index contributed by atoms with van der Waals surface area (Å²) in [5.41, 5.74) is 3.45. The minimum Gasteiger partial charge on any atom is -0.480 e. The molecule has 2 aliphatic rings. The summed E-state index contributed by atoms with van der Waals surface area (Å²) in [5.74, 6) is 0.313. The molecule has 1 aliphatic heterocycles. The molecule has 2 aromatic rings. The molecule has 3 heterocycles. The van der Waals surface area contributed by atoms with Gasteiger partial charge in [-0.25, -0.2) is 4.98 Å². The number of carbonyl (C=O) groups is 1.